The van der Waals surface area contributed by atoms with Crippen molar-refractivity contribution in [1.82, 2.24) is 10.6 Å². The quantitative estimate of drug-likeness (QED) is 0.0321. The van der Waals surface area contributed by atoms with Crippen LogP contribution in [0.2, 0.25) is 0 Å². The molecule has 1 aliphatic heterocycles. The molecular formula is C47H72N2O6. The second kappa shape index (κ2) is 21.2. The monoisotopic (exact) mass is 761 g/mol. The second-order valence-corrected chi connectivity index (χ2v) is 17.0. The minimum absolute atomic E-state index is 0.0110. The fourth-order valence-corrected chi connectivity index (χ4v) is 10.1. The van der Waals surface area contributed by atoms with E-state index in [-0.39, 0.29) is 24.5 Å². The Hall–Kier alpha value is -2.69. The number of rotatable bonds is 16. The fraction of sp³-hybridized carbons (Fsp3) is 0.638. The second-order valence-electron chi connectivity index (χ2n) is 17.0. The Bertz CT molecular complexity index is 1550. The highest BCUT2D eigenvalue weighted by Gasteiger charge is 2.65. The van der Waals surface area contributed by atoms with Crippen LogP contribution in [0, 0.1) is 23.2 Å². The van der Waals surface area contributed by atoms with Gasteiger partial charge in [-0.25, -0.2) is 0 Å². The van der Waals surface area contributed by atoms with E-state index >= 15 is 0 Å². The SMILES string of the molecule is C=C(/C=C/C=C(/[C@H](O)CCCCC)[C@@H]1CC[C@]2([C@@H]1O)[C@@H](CCCO)/C(=C(/C)C=O)CC[C@]2(O)CCNC)[C@H]1C/C=C(\C)[C@@H](O)N[C@@H](C)Cc2cccc(c2)C1. The van der Waals surface area contributed by atoms with Gasteiger partial charge in [0.15, 0.2) is 0 Å². The highest BCUT2D eigenvalue weighted by Crippen LogP contribution is 2.64. The van der Waals surface area contributed by atoms with Gasteiger partial charge in [0.25, 0.3) is 0 Å². The number of carbonyl (C=O) groups is 1. The molecule has 0 radical (unpaired) electrons. The van der Waals surface area contributed by atoms with Crippen LogP contribution < -0.4 is 10.6 Å². The van der Waals surface area contributed by atoms with E-state index in [1.54, 1.807) is 0 Å². The third-order valence-corrected chi connectivity index (χ3v) is 13.2. The molecule has 1 spiro atoms. The van der Waals surface area contributed by atoms with Gasteiger partial charge < -0.3 is 30.8 Å². The zero-order chi connectivity index (χ0) is 40.2. The number of hydrogen-bond donors (Lipinski definition) is 7. The van der Waals surface area contributed by atoms with Crippen LogP contribution in [0.3, 0.4) is 0 Å². The Labute approximate surface area is 331 Å². The van der Waals surface area contributed by atoms with Gasteiger partial charge in [0, 0.05) is 24.0 Å². The molecule has 2 fully saturated rings. The molecule has 1 aromatic rings. The van der Waals surface area contributed by atoms with E-state index in [4.69, 9.17) is 0 Å². The van der Waals surface area contributed by atoms with Crippen molar-refractivity contribution in [2.75, 3.05) is 20.2 Å². The average molecular weight is 761 g/mol. The normalized spacial score (nSPS) is 33.1. The molecule has 8 heteroatoms. The van der Waals surface area contributed by atoms with Crippen molar-refractivity contribution in [3.63, 3.8) is 0 Å². The third-order valence-electron chi connectivity index (χ3n) is 13.2. The summed E-state index contributed by atoms with van der Waals surface area (Å²) < 4.78 is 0. The maximum atomic E-state index is 12.7. The molecule has 0 unspecified atom stereocenters. The smallest absolute Gasteiger partial charge is 0.145 e. The molecule has 9 atom stereocenters. The van der Waals surface area contributed by atoms with Crippen molar-refractivity contribution in [2.24, 2.45) is 23.2 Å². The summed E-state index contributed by atoms with van der Waals surface area (Å²) in [4.78, 5) is 12.2. The topological polar surface area (TPSA) is 142 Å². The Morgan fingerprint density at radius 2 is 1.89 bits per heavy atom. The molecule has 0 amide bonds. The lowest BCUT2D eigenvalue weighted by molar-refractivity contribution is -0.181. The summed E-state index contributed by atoms with van der Waals surface area (Å²) in [5.74, 6) is -0.586. The van der Waals surface area contributed by atoms with Crippen LogP contribution >= 0.6 is 0 Å². The van der Waals surface area contributed by atoms with Gasteiger partial charge in [-0.1, -0.05) is 92.5 Å². The number of aliphatic hydroxyl groups excluding tert-OH is 4. The number of aldehydes is 1. The summed E-state index contributed by atoms with van der Waals surface area (Å²) in [6.07, 6.45) is 16.0. The number of nitrogens with one attached hydrogen (secondary N) is 2. The Kier molecular flexibility index (Phi) is 17.3. The minimum atomic E-state index is -1.20. The Balaban J connectivity index is 1.73. The minimum Gasteiger partial charge on any atom is -0.396 e. The third kappa shape index (κ3) is 10.8. The number of allylic oxidation sites excluding steroid dienone is 7. The maximum Gasteiger partial charge on any atom is 0.145 e. The van der Waals surface area contributed by atoms with Crippen molar-refractivity contribution >= 4 is 6.29 Å². The molecular weight excluding hydrogens is 689 g/mol. The van der Waals surface area contributed by atoms with Crippen LogP contribution in [0.15, 0.2) is 83.0 Å². The highest BCUT2D eigenvalue weighted by molar-refractivity contribution is 5.74. The predicted octanol–water partition coefficient (Wildman–Crippen LogP) is 6.81. The molecule has 2 saturated carbocycles. The number of unbranched alkanes of at least 4 members (excludes halogenated alkanes) is 2. The van der Waals surface area contributed by atoms with Crippen molar-refractivity contribution in [3.8, 4) is 0 Å². The standard InChI is InChI=1S/C47H72N2O6/c1-7-8-9-18-43(52)40(16-10-13-32(2)38-20-19-33(3)45(54)49-35(5)28-36-14-11-15-37(29-36)30-38)41-22-24-47(44(41)53)42(17-12-27-50)39(34(4)31-51)21-23-46(47,55)25-26-48-6/h10-11,13-16,19,29,31,35,38,41-45,48-50,52-55H,2,7-9,12,17-18,20-28,30H2,1,3-6H3/b13-10+,33-19+,39-34-,40-16+/t35-,38-,41-,42-,43+,44+,45+,46-,47+/m0/s1. The number of hydrogen-bond acceptors (Lipinski definition) is 8. The zero-order valence-corrected chi connectivity index (χ0v) is 34.4. The lowest BCUT2D eigenvalue weighted by Gasteiger charge is -2.57. The molecule has 7 N–H and O–H groups in total. The van der Waals surface area contributed by atoms with Gasteiger partial charge in [0.2, 0.25) is 0 Å². The first-order valence-corrected chi connectivity index (χ1v) is 21.1. The van der Waals surface area contributed by atoms with Gasteiger partial charge in [0.05, 0.1) is 17.8 Å². The van der Waals surface area contributed by atoms with Crippen LogP contribution in [0.25, 0.3) is 0 Å². The Morgan fingerprint density at radius 3 is 2.58 bits per heavy atom. The lowest BCUT2D eigenvalue weighted by atomic mass is 9.51. The van der Waals surface area contributed by atoms with Crippen LogP contribution in [-0.4, -0.2) is 82.1 Å². The van der Waals surface area contributed by atoms with E-state index < -0.39 is 35.4 Å². The van der Waals surface area contributed by atoms with E-state index in [9.17, 15) is 30.3 Å². The Morgan fingerprint density at radius 1 is 1.15 bits per heavy atom. The predicted molar refractivity (Wildman–Crippen MR) is 223 cm³/mol. The maximum absolute atomic E-state index is 12.7. The molecule has 306 valence electrons. The zero-order valence-electron chi connectivity index (χ0n) is 34.4. The average Bonchev–Trinajstić information content (AvgIpc) is 3.50. The van der Waals surface area contributed by atoms with E-state index in [0.29, 0.717) is 69.9 Å². The largest absolute Gasteiger partial charge is 0.396 e. The summed E-state index contributed by atoms with van der Waals surface area (Å²) >= 11 is 0. The van der Waals surface area contributed by atoms with Crippen molar-refractivity contribution < 1.29 is 30.3 Å². The molecule has 55 heavy (non-hydrogen) atoms. The van der Waals surface area contributed by atoms with Crippen LogP contribution in [0.4, 0.5) is 0 Å². The summed E-state index contributed by atoms with van der Waals surface area (Å²) in [6.45, 7) is 13.1. The van der Waals surface area contributed by atoms with Crippen molar-refractivity contribution in [2.45, 2.75) is 148 Å². The van der Waals surface area contributed by atoms with Gasteiger partial charge >= 0.3 is 0 Å². The summed E-state index contributed by atoms with van der Waals surface area (Å²) in [7, 11) is 1.86. The first kappa shape index (κ1) is 45.0. The van der Waals surface area contributed by atoms with Gasteiger partial charge in [-0.2, -0.15) is 0 Å². The molecule has 0 aromatic heterocycles. The summed E-state index contributed by atoms with van der Waals surface area (Å²) in [6, 6.07) is 8.78. The molecule has 8 nitrogen and oxygen atoms in total. The molecule has 4 rings (SSSR count). The molecule has 2 aliphatic carbocycles. The number of fused-ring (bicyclic) bond motifs is 2. The van der Waals surface area contributed by atoms with Crippen LogP contribution in [-0.2, 0) is 17.6 Å². The van der Waals surface area contributed by atoms with Gasteiger partial charge in [0.1, 0.15) is 12.5 Å². The molecule has 0 saturated heterocycles. The molecule has 1 aromatic carbocycles. The number of aliphatic hydroxyl groups is 5. The summed E-state index contributed by atoms with van der Waals surface area (Å²) in [5, 5.41) is 64.6. The van der Waals surface area contributed by atoms with Gasteiger partial charge in [-0.15, -0.1) is 0 Å². The van der Waals surface area contributed by atoms with Crippen LogP contribution in [0.5, 0.6) is 0 Å². The van der Waals surface area contributed by atoms with Crippen LogP contribution in [0.1, 0.15) is 116 Å². The van der Waals surface area contributed by atoms with Gasteiger partial charge in [-0.05, 0) is 145 Å². The van der Waals surface area contributed by atoms with E-state index in [2.05, 4.69) is 61.4 Å². The number of benzene rings is 1. The van der Waals surface area contributed by atoms with Crippen molar-refractivity contribution in [3.05, 3.63) is 94.1 Å². The van der Waals surface area contributed by atoms with E-state index in [1.807, 2.05) is 39.1 Å². The first-order chi connectivity index (χ1) is 26.3. The van der Waals surface area contributed by atoms with E-state index in [1.165, 1.54) is 11.1 Å². The number of carbonyl (C=O) groups excluding carboxylic acids is 1. The fourth-order valence-electron chi connectivity index (χ4n) is 10.1. The first-order valence-electron chi connectivity index (χ1n) is 21.1. The molecule has 1 heterocycles. The molecule has 3 aliphatic rings. The molecule has 2 bridgehead atoms. The van der Waals surface area contributed by atoms with Gasteiger partial charge in [-0.3, -0.25) is 10.1 Å². The van der Waals surface area contributed by atoms with Crippen molar-refractivity contribution in [1.29, 1.82) is 0 Å². The summed E-state index contributed by atoms with van der Waals surface area (Å²) in [5.41, 5.74) is 4.55. The van der Waals surface area contributed by atoms with E-state index in [0.717, 1.165) is 60.7 Å². The highest BCUT2D eigenvalue weighted by atomic mass is 16.3. The lowest BCUT2D eigenvalue weighted by Crippen LogP contribution is -2.61.